The Balaban J connectivity index is 0.000000388. The number of nitrogens with one attached hydrogen (secondary N) is 2. The average Bonchev–Trinajstić information content (AvgIpc) is 4.20. The number of nitrogens with zero attached hydrogens (tertiary/aromatic N) is 4. The van der Waals surface area contributed by atoms with Crippen molar-refractivity contribution in [3.8, 4) is 0 Å². The van der Waals surface area contributed by atoms with Gasteiger partial charge in [-0.05, 0) is 125 Å². The molecule has 454 valence electrons. The Morgan fingerprint density at radius 1 is 0.778 bits per heavy atom. The molecule has 5 atom stereocenters. The molecule has 3 aliphatic heterocycles. The molecule has 0 spiro atoms. The van der Waals surface area contributed by atoms with Crippen molar-refractivity contribution in [3.63, 3.8) is 0 Å². The summed E-state index contributed by atoms with van der Waals surface area (Å²) in [6, 6.07) is 14.0. The minimum atomic E-state index is -0.281. The number of anilines is 2. The molecule has 3 aromatic rings. The molecule has 2 amide bonds. The fraction of sp³-hybridized carbons (Fsp3) is 0.657. The molecule has 81 heavy (non-hydrogen) atoms. The molecule has 11 heteroatoms. The molecular formula is C70H115N6O5+. The van der Waals surface area contributed by atoms with Crippen LogP contribution >= 0.6 is 0 Å². The number of allylic oxidation sites excluding steroid dienone is 2. The Morgan fingerprint density at radius 2 is 1.46 bits per heavy atom. The zero-order valence-corrected chi connectivity index (χ0v) is 54.4. The number of Topliss-reactive ketones (excluding diaryl/α,β-unsaturated/α-hetero) is 1. The highest BCUT2D eigenvalue weighted by molar-refractivity contribution is 6.09. The molecule has 1 saturated heterocycles. The normalized spacial score (nSPS) is 17.3. The minimum absolute atomic E-state index is 0.149. The number of pyridine rings is 2. The maximum absolute atomic E-state index is 13.0. The van der Waals surface area contributed by atoms with Gasteiger partial charge in [0.1, 0.15) is 30.7 Å². The van der Waals surface area contributed by atoms with Crippen LogP contribution in [-0.2, 0) is 19.1 Å². The highest BCUT2D eigenvalue weighted by Gasteiger charge is 2.29. The van der Waals surface area contributed by atoms with Gasteiger partial charge in [0.2, 0.25) is 11.8 Å². The van der Waals surface area contributed by atoms with Crippen LogP contribution < -0.4 is 15.5 Å². The summed E-state index contributed by atoms with van der Waals surface area (Å²) in [6.07, 6.45) is 30.5. The van der Waals surface area contributed by atoms with Gasteiger partial charge in [-0.3, -0.25) is 29.7 Å². The number of ether oxygens (including phenoxy) is 2. The Bertz CT molecular complexity index is 2390. The van der Waals surface area contributed by atoms with Crippen molar-refractivity contribution < 1.29 is 28.4 Å². The van der Waals surface area contributed by atoms with Crippen LogP contribution in [0.3, 0.4) is 0 Å². The maximum atomic E-state index is 13.0. The van der Waals surface area contributed by atoms with Gasteiger partial charge in [0, 0.05) is 50.6 Å². The first-order valence-electron chi connectivity index (χ1n) is 31.7. The van der Waals surface area contributed by atoms with Gasteiger partial charge < -0.3 is 19.7 Å². The van der Waals surface area contributed by atoms with Crippen LogP contribution in [0.25, 0.3) is 5.57 Å². The van der Waals surface area contributed by atoms with E-state index in [0.717, 1.165) is 107 Å². The molecule has 1 aliphatic carbocycles. The molecule has 2 N–H and O–H groups in total. The van der Waals surface area contributed by atoms with Crippen molar-refractivity contribution in [2.24, 2.45) is 23.7 Å². The van der Waals surface area contributed by atoms with Crippen molar-refractivity contribution in [2.75, 3.05) is 51.7 Å². The number of ketones is 1. The Kier molecular flexibility index (Phi) is 36.4. The smallest absolute Gasteiger partial charge is 0.235 e. The second kappa shape index (κ2) is 40.9. The number of imide groups is 1. The SMILES string of the molecule is C1CCCC1.CCCC.CCCC(C)CCC(C)CC.CCCCC(COC)C(C)CC.COC1=C(c2cc(C(=O)CCC/C=C3/Nc4ccc(C)cc4N3C)cc(C)n2)C=[N+](C)CC1.Cc1ccc(C2CCC(=O)NC2=O)nc1C. The Morgan fingerprint density at radius 3 is 2.04 bits per heavy atom. The predicted molar refractivity (Wildman–Crippen MR) is 344 cm³/mol. The lowest BCUT2D eigenvalue weighted by Gasteiger charge is -2.21. The number of aryl methyl sites for hydroxylation is 4. The number of carbonyl (C=O) groups is 3. The van der Waals surface area contributed by atoms with E-state index in [4.69, 9.17) is 9.47 Å². The van der Waals surface area contributed by atoms with Gasteiger partial charge in [0.15, 0.2) is 12.0 Å². The summed E-state index contributed by atoms with van der Waals surface area (Å²) in [5.41, 5.74) is 9.67. The van der Waals surface area contributed by atoms with Crippen LogP contribution in [0.5, 0.6) is 0 Å². The second-order valence-corrected chi connectivity index (χ2v) is 23.5. The number of aromatic nitrogens is 2. The molecule has 5 unspecified atom stereocenters. The number of hydrogen-bond donors (Lipinski definition) is 2. The minimum Gasteiger partial charge on any atom is -0.500 e. The molecule has 11 nitrogen and oxygen atoms in total. The molecule has 7 rings (SSSR count). The van der Waals surface area contributed by atoms with Crippen molar-refractivity contribution in [3.05, 3.63) is 99.6 Å². The van der Waals surface area contributed by atoms with Crippen molar-refractivity contribution in [2.45, 2.75) is 237 Å². The number of hydrogen-bond acceptors (Lipinski definition) is 9. The molecular weight excluding hydrogens is 1000 g/mol. The number of amides is 2. The summed E-state index contributed by atoms with van der Waals surface area (Å²) in [7, 11) is 7.61. The van der Waals surface area contributed by atoms with Crippen molar-refractivity contribution in [1.82, 2.24) is 15.3 Å². The lowest BCUT2D eigenvalue weighted by Crippen LogP contribution is -2.39. The molecule has 2 aromatic heterocycles. The van der Waals surface area contributed by atoms with Crippen LogP contribution in [0.4, 0.5) is 11.4 Å². The van der Waals surface area contributed by atoms with Gasteiger partial charge in [-0.15, -0.1) is 0 Å². The fourth-order valence-corrected chi connectivity index (χ4v) is 10.0. The Labute approximate surface area is 494 Å². The van der Waals surface area contributed by atoms with Gasteiger partial charge in [-0.1, -0.05) is 171 Å². The number of methoxy groups -OCH3 is 2. The molecule has 0 radical (unpaired) electrons. The average molecular weight is 1120 g/mol. The molecule has 5 heterocycles. The van der Waals surface area contributed by atoms with E-state index < -0.39 is 0 Å². The van der Waals surface area contributed by atoms with Gasteiger partial charge in [0.05, 0.1) is 42.2 Å². The van der Waals surface area contributed by atoms with E-state index in [1.54, 1.807) is 14.2 Å². The summed E-state index contributed by atoms with van der Waals surface area (Å²) in [6.45, 7) is 30.3. The highest BCUT2D eigenvalue weighted by Crippen LogP contribution is 2.36. The van der Waals surface area contributed by atoms with Crippen LogP contribution in [0, 0.1) is 51.4 Å². The predicted octanol–water partition coefficient (Wildman–Crippen LogP) is 17.6. The summed E-state index contributed by atoms with van der Waals surface area (Å²) >= 11 is 0. The fourth-order valence-electron chi connectivity index (χ4n) is 10.0. The number of rotatable bonds is 22. The van der Waals surface area contributed by atoms with E-state index in [9.17, 15) is 14.4 Å². The zero-order chi connectivity index (χ0) is 60.3. The van der Waals surface area contributed by atoms with E-state index in [2.05, 4.69) is 137 Å². The summed E-state index contributed by atoms with van der Waals surface area (Å²) < 4.78 is 12.9. The van der Waals surface area contributed by atoms with Crippen LogP contribution in [0.2, 0.25) is 0 Å². The monoisotopic (exact) mass is 1120 g/mol. The molecule has 0 bridgehead atoms. The van der Waals surface area contributed by atoms with Gasteiger partial charge in [0.25, 0.3) is 0 Å². The Hall–Kier alpha value is -5.16. The second-order valence-electron chi connectivity index (χ2n) is 23.5. The first-order valence-corrected chi connectivity index (χ1v) is 31.7. The number of carbonyl (C=O) groups excluding carboxylic acids is 3. The summed E-state index contributed by atoms with van der Waals surface area (Å²) in [5, 5.41) is 5.81. The van der Waals surface area contributed by atoms with Crippen molar-refractivity contribution >= 4 is 40.8 Å². The van der Waals surface area contributed by atoms with Crippen LogP contribution in [0.15, 0.2) is 60.1 Å². The van der Waals surface area contributed by atoms with Gasteiger partial charge >= 0.3 is 0 Å². The number of unbranched alkanes of at least 4 members (excludes halogenated alkanes) is 3. The van der Waals surface area contributed by atoms with E-state index in [0.29, 0.717) is 24.8 Å². The van der Waals surface area contributed by atoms with Crippen LogP contribution in [0.1, 0.15) is 254 Å². The number of piperidine rings is 1. The standard InChI is InChI=1S/C27H33N4O2.C12H14N2O2.C11H24O.C11H24.C5H10.C4H10/c1-18-10-11-22-24(14-18)31(4)27(29-22)9-7-6-8-25(32)20-15-19(2)28-23(16-20)21-17-30(3)13-12-26(21)33-5;1-7-3-5-10(13-8(7)2)9-4-6-11(15)14-12(9)16;1-5-7-8-11(9-12-4)10(3)6-2;1-5-7-11(4)9-8-10(3)6-2;1-2-4-5-3-1;1-3-4-2/h9-11,14-17,29H,6-8,12-13H2,1-5H3;3,5,9H,4,6H2,1-2H3,(H,14,15,16);10-11H,5-9H2,1-4H3;10-11H,5-9H2,1-4H3;1-5H2;3-4H2,1-2H3/q+1;;;;;/b27-9-;;;;;. The lowest BCUT2D eigenvalue weighted by molar-refractivity contribution is -0.492. The molecule has 4 aliphatic rings. The van der Waals surface area contributed by atoms with Crippen molar-refractivity contribution in [1.29, 1.82) is 0 Å². The summed E-state index contributed by atoms with van der Waals surface area (Å²) in [5.74, 6) is 4.92. The van der Waals surface area contributed by atoms with E-state index >= 15 is 0 Å². The third-order valence-corrected chi connectivity index (χ3v) is 16.3. The van der Waals surface area contributed by atoms with Gasteiger partial charge in [-0.2, -0.15) is 0 Å². The maximum Gasteiger partial charge on any atom is 0.235 e. The molecule has 1 saturated carbocycles. The van der Waals surface area contributed by atoms with Crippen LogP contribution in [-0.4, -0.2) is 79.8 Å². The first kappa shape index (κ1) is 71.9. The molecule has 2 fully saturated rings. The lowest BCUT2D eigenvalue weighted by atomic mass is 9.88. The van der Waals surface area contributed by atoms with E-state index in [1.165, 1.54) is 114 Å². The summed E-state index contributed by atoms with van der Waals surface area (Å²) in [4.78, 5) is 46.9. The van der Waals surface area contributed by atoms with E-state index in [-0.39, 0.29) is 23.5 Å². The first-order chi connectivity index (χ1) is 38.8. The highest BCUT2D eigenvalue weighted by atomic mass is 16.5. The third-order valence-electron chi connectivity index (χ3n) is 16.3. The topological polar surface area (TPSA) is 126 Å². The van der Waals surface area contributed by atoms with Gasteiger partial charge in [-0.25, -0.2) is 4.58 Å². The number of benzene rings is 1. The third kappa shape index (κ3) is 27.2. The zero-order valence-electron chi connectivity index (χ0n) is 54.4. The van der Waals surface area contributed by atoms with E-state index in [1.807, 2.05) is 52.1 Å². The quantitative estimate of drug-likeness (QED) is 0.0438. The molecule has 1 aromatic carbocycles. The largest absolute Gasteiger partial charge is 0.500 e. The number of fused-ring (bicyclic) bond motifs is 1.